The minimum absolute atomic E-state index is 0.0870. The molecule has 0 aliphatic heterocycles. The molecule has 0 aliphatic rings. The van der Waals surface area contributed by atoms with Gasteiger partial charge in [-0.25, -0.2) is 19.4 Å². The predicted molar refractivity (Wildman–Crippen MR) is 122 cm³/mol. The Bertz CT molecular complexity index is 1200. The van der Waals surface area contributed by atoms with Crippen molar-refractivity contribution >= 4 is 40.5 Å². The average molecular weight is 454 g/mol. The van der Waals surface area contributed by atoms with Crippen molar-refractivity contribution in [2.24, 2.45) is 7.05 Å². The molecule has 2 aromatic heterocycles. The summed E-state index contributed by atoms with van der Waals surface area (Å²) in [6.45, 7) is 6.07. The molecular weight excluding hydrogens is 428 g/mol. The Balaban J connectivity index is 1.81. The topological polar surface area (TPSA) is 136 Å². The van der Waals surface area contributed by atoms with Crippen molar-refractivity contribution in [3.05, 3.63) is 46.6 Å². The third-order valence-electron chi connectivity index (χ3n) is 4.96. The quantitative estimate of drug-likeness (QED) is 0.382. The number of hydrazine groups is 1. The number of aryl methyl sites for hydroxylation is 2. The van der Waals surface area contributed by atoms with Crippen LogP contribution in [-0.2, 0) is 16.5 Å². The highest BCUT2D eigenvalue weighted by Crippen LogP contribution is 2.29. The number of carbonyl (C=O) groups excluding carboxylic acids is 3. The van der Waals surface area contributed by atoms with Gasteiger partial charge in [-0.1, -0.05) is 13.8 Å². The first-order chi connectivity index (χ1) is 15.6. The lowest BCUT2D eigenvalue weighted by atomic mass is 10.00. The monoisotopic (exact) mass is 454 g/mol. The minimum Gasteiger partial charge on any atom is -0.465 e. The van der Waals surface area contributed by atoms with E-state index in [-0.39, 0.29) is 22.7 Å². The van der Waals surface area contributed by atoms with Gasteiger partial charge in [0.2, 0.25) is 0 Å². The Kier molecular flexibility index (Phi) is 6.80. The summed E-state index contributed by atoms with van der Waals surface area (Å²) in [6.07, 6.45) is 0. The molecule has 2 heterocycles. The lowest BCUT2D eigenvalue weighted by molar-refractivity contribution is 0.0599. The molecule has 33 heavy (non-hydrogen) atoms. The third kappa shape index (κ3) is 5.03. The summed E-state index contributed by atoms with van der Waals surface area (Å²) in [5, 5.41) is 7.99. The number of benzene rings is 1. The number of urea groups is 1. The second kappa shape index (κ2) is 9.55. The van der Waals surface area contributed by atoms with Gasteiger partial charge in [0.1, 0.15) is 5.82 Å². The fourth-order valence-electron chi connectivity index (χ4n) is 3.45. The smallest absolute Gasteiger partial charge is 0.337 e. The van der Waals surface area contributed by atoms with E-state index in [4.69, 9.17) is 9.47 Å². The number of aromatic nitrogens is 3. The molecule has 0 unspecified atom stereocenters. The molecule has 0 spiro atoms. The lowest BCUT2D eigenvalue weighted by Crippen LogP contribution is -2.34. The highest BCUT2D eigenvalue weighted by atomic mass is 16.5. The Morgan fingerprint density at radius 2 is 1.61 bits per heavy atom. The molecule has 1 aromatic carbocycles. The number of esters is 2. The van der Waals surface area contributed by atoms with E-state index < -0.39 is 18.0 Å². The molecule has 0 aliphatic carbocycles. The van der Waals surface area contributed by atoms with Crippen LogP contribution in [0.4, 0.5) is 16.3 Å². The zero-order valence-corrected chi connectivity index (χ0v) is 19.3. The maximum atomic E-state index is 12.5. The number of amides is 2. The number of ether oxygens (including phenoxy) is 2. The first-order valence-electron chi connectivity index (χ1n) is 10.1. The van der Waals surface area contributed by atoms with Crippen LogP contribution < -0.4 is 16.2 Å². The van der Waals surface area contributed by atoms with Crippen molar-refractivity contribution < 1.29 is 23.9 Å². The van der Waals surface area contributed by atoms with Gasteiger partial charge in [-0.2, -0.15) is 5.10 Å². The Morgan fingerprint density at radius 3 is 2.15 bits per heavy atom. The van der Waals surface area contributed by atoms with Gasteiger partial charge in [-0.3, -0.25) is 15.5 Å². The molecule has 3 aromatic rings. The third-order valence-corrected chi connectivity index (χ3v) is 4.96. The highest BCUT2D eigenvalue weighted by molar-refractivity contribution is 5.99. The fourth-order valence-corrected chi connectivity index (χ4v) is 3.45. The highest BCUT2D eigenvalue weighted by Gasteiger charge is 2.17. The maximum Gasteiger partial charge on any atom is 0.337 e. The number of hydrogen-bond donors (Lipinski definition) is 3. The van der Waals surface area contributed by atoms with Crippen molar-refractivity contribution in [3.63, 3.8) is 0 Å². The molecule has 174 valence electrons. The summed E-state index contributed by atoms with van der Waals surface area (Å²) < 4.78 is 11.1. The molecule has 0 bridgehead atoms. The number of methoxy groups -OCH3 is 2. The van der Waals surface area contributed by atoms with Crippen LogP contribution in [0, 0.1) is 6.92 Å². The maximum absolute atomic E-state index is 12.5. The van der Waals surface area contributed by atoms with E-state index in [1.54, 1.807) is 4.68 Å². The van der Waals surface area contributed by atoms with Gasteiger partial charge in [0.25, 0.3) is 0 Å². The summed E-state index contributed by atoms with van der Waals surface area (Å²) in [4.78, 5) is 40.9. The van der Waals surface area contributed by atoms with Crippen molar-refractivity contribution in [3.8, 4) is 0 Å². The van der Waals surface area contributed by atoms with E-state index in [0.29, 0.717) is 11.5 Å². The number of rotatable bonds is 6. The van der Waals surface area contributed by atoms with Gasteiger partial charge in [0, 0.05) is 18.1 Å². The average Bonchev–Trinajstić information content (AvgIpc) is 3.08. The summed E-state index contributed by atoms with van der Waals surface area (Å²) in [6, 6.07) is 5.31. The number of pyridine rings is 1. The van der Waals surface area contributed by atoms with Crippen LogP contribution in [0.5, 0.6) is 0 Å². The van der Waals surface area contributed by atoms with Gasteiger partial charge in [0.15, 0.2) is 5.65 Å². The normalized spacial score (nSPS) is 10.8. The molecule has 0 saturated carbocycles. The molecule has 11 nitrogen and oxygen atoms in total. The van der Waals surface area contributed by atoms with Crippen LogP contribution in [0.25, 0.3) is 11.0 Å². The van der Waals surface area contributed by atoms with Gasteiger partial charge in [0.05, 0.1) is 31.0 Å². The minimum atomic E-state index is -0.660. The number of fused-ring (bicyclic) bond motifs is 1. The SMILES string of the molecule is COC(=O)c1cc(NC(=O)NNc2cc(C(C)C)c3c(C)nn(C)c3n2)cc(C(=O)OC)c1. The van der Waals surface area contributed by atoms with Crippen LogP contribution in [0.1, 0.15) is 51.7 Å². The van der Waals surface area contributed by atoms with Crippen molar-refractivity contribution in [1.82, 2.24) is 20.2 Å². The lowest BCUT2D eigenvalue weighted by Gasteiger charge is -2.14. The van der Waals surface area contributed by atoms with E-state index in [2.05, 4.69) is 40.1 Å². The number of carbonyl (C=O) groups is 3. The Morgan fingerprint density at radius 1 is 1.00 bits per heavy atom. The van der Waals surface area contributed by atoms with E-state index in [0.717, 1.165) is 16.6 Å². The number of nitrogens with one attached hydrogen (secondary N) is 3. The first-order valence-corrected chi connectivity index (χ1v) is 10.1. The van der Waals surface area contributed by atoms with Crippen molar-refractivity contribution in [1.29, 1.82) is 0 Å². The molecule has 2 amide bonds. The molecular formula is C22H26N6O5. The van der Waals surface area contributed by atoms with Gasteiger partial charge >= 0.3 is 18.0 Å². The van der Waals surface area contributed by atoms with Crippen LogP contribution in [-0.4, -0.2) is 47.0 Å². The number of anilines is 2. The van der Waals surface area contributed by atoms with Crippen LogP contribution >= 0.6 is 0 Å². The van der Waals surface area contributed by atoms with Gasteiger partial charge in [-0.15, -0.1) is 0 Å². The van der Waals surface area contributed by atoms with Gasteiger partial charge in [-0.05, 0) is 42.7 Å². The second-order valence-corrected chi connectivity index (χ2v) is 7.65. The predicted octanol–water partition coefficient (Wildman–Crippen LogP) is 3.12. The summed E-state index contributed by atoms with van der Waals surface area (Å²) in [5.74, 6) is -0.673. The molecule has 0 radical (unpaired) electrons. The summed E-state index contributed by atoms with van der Waals surface area (Å²) in [7, 11) is 4.25. The molecule has 3 N–H and O–H groups in total. The Hall–Kier alpha value is -4.15. The first kappa shape index (κ1) is 23.5. The molecule has 3 rings (SSSR count). The van der Waals surface area contributed by atoms with Crippen LogP contribution in [0.15, 0.2) is 24.3 Å². The largest absolute Gasteiger partial charge is 0.465 e. The van der Waals surface area contributed by atoms with Crippen molar-refractivity contribution in [2.75, 3.05) is 25.0 Å². The molecule has 0 fully saturated rings. The summed E-state index contributed by atoms with van der Waals surface area (Å²) in [5.41, 5.74) is 8.29. The molecule has 0 atom stereocenters. The standard InChI is InChI=1S/C22H26N6O5/c1-11(2)16-10-17(24-19-18(16)12(3)27-28(19)4)25-26-22(31)23-15-8-13(20(29)32-5)7-14(9-15)21(30)33-6/h7-11H,1-6H3,(H,24,25)(H2,23,26,31). The van der Waals surface area contributed by atoms with E-state index >= 15 is 0 Å². The van der Waals surface area contributed by atoms with E-state index in [1.807, 2.05) is 20.0 Å². The van der Waals surface area contributed by atoms with Crippen LogP contribution in [0.2, 0.25) is 0 Å². The fraction of sp³-hybridized carbons (Fsp3) is 0.318. The zero-order valence-electron chi connectivity index (χ0n) is 19.3. The molecule has 0 saturated heterocycles. The number of nitrogens with zero attached hydrogens (tertiary/aromatic N) is 3. The van der Waals surface area contributed by atoms with E-state index in [1.165, 1.54) is 32.4 Å². The zero-order chi connectivity index (χ0) is 24.3. The van der Waals surface area contributed by atoms with Crippen LogP contribution in [0.3, 0.4) is 0 Å². The second-order valence-electron chi connectivity index (χ2n) is 7.65. The van der Waals surface area contributed by atoms with Gasteiger partial charge < -0.3 is 14.8 Å². The van der Waals surface area contributed by atoms with E-state index in [9.17, 15) is 14.4 Å². The van der Waals surface area contributed by atoms with Crippen molar-refractivity contribution in [2.45, 2.75) is 26.7 Å². The molecule has 11 heteroatoms. The summed E-state index contributed by atoms with van der Waals surface area (Å²) >= 11 is 0. The number of hydrogen-bond acceptors (Lipinski definition) is 8. The Labute approximate surface area is 190 Å².